The number of fused-ring (bicyclic) bond motifs is 1. The van der Waals surface area contributed by atoms with Gasteiger partial charge in [0.05, 0.1) is 22.5 Å². The minimum Gasteiger partial charge on any atom is -0.386 e. The molecule has 1 heterocycles. The first kappa shape index (κ1) is 24.5. The molecule has 0 aliphatic rings. The van der Waals surface area contributed by atoms with Gasteiger partial charge in [0.1, 0.15) is 11.7 Å². The summed E-state index contributed by atoms with van der Waals surface area (Å²) in [5.74, 6) is 1.07. The number of carbonyl (C=O) groups is 1. The zero-order valence-corrected chi connectivity index (χ0v) is 20.5. The number of aromatic nitrogens is 2. The lowest BCUT2D eigenvalue weighted by Crippen LogP contribution is -2.29. The Morgan fingerprint density at radius 2 is 1.69 bits per heavy atom. The highest BCUT2D eigenvalue weighted by molar-refractivity contribution is 6.31. The molecule has 4 rings (SSSR count). The van der Waals surface area contributed by atoms with Gasteiger partial charge in [0.2, 0.25) is 0 Å². The van der Waals surface area contributed by atoms with Crippen LogP contribution in [0.15, 0.2) is 83.9 Å². The second kappa shape index (κ2) is 11.7. The first-order chi connectivity index (χ1) is 17.0. The van der Waals surface area contributed by atoms with Crippen LogP contribution in [-0.4, -0.2) is 33.6 Å². The third-order valence-electron chi connectivity index (χ3n) is 5.90. The summed E-state index contributed by atoms with van der Waals surface area (Å²) in [6.45, 7) is 2.41. The molecule has 35 heavy (non-hydrogen) atoms. The number of amides is 1. The highest BCUT2D eigenvalue weighted by Crippen LogP contribution is 2.23. The number of nitrogens with one attached hydrogen (secondary N) is 2. The topological polar surface area (TPSA) is 96.2 Å². The number of imidazole rings is 1. The summed E-state index contributed by atoms with van der Waals surface area (Å²) in [6, 6.07) is 25.4. The highest BCUT2D eigenvalue weighted by atomic mass is 35.5. The third kappa shape index (κ3) is 6.49. The van der Waals surface area contributed by atoms with Crippen LogP contribution in [0.1, 0.15) is 48.4 Å². The molecular weight excluding hydrogens is 458 g/mol. The fourth-order valence-electron chi connectivity index (χ4n) is 3.90. The van der Waals surface area contributed by atoms with Gasteiger partial charge in [-0.25, -0.2) is 4.98 Å². The van der Waals surface area contributed by atoms with Crippen molar-refractivity contribution in [1.82, 2.24) is 15.3 Å². The average Bonchev–Trinajstić information content (AvgIpc) is 3.32. The van der Waals surface area contributed by atoms with Gasteiger partial charge >= 0.3 is 0 Å². The number of alkyl halides is 1. The van der Waals surface area contributed by atoms with Crippen molar-refractivity contribution in [2.24, 2.45) is 10.7 Å². The van der Waals surface area contributed by atoms with Crippen LogP contribution < -0.4 is 11.1 Å². The predicted octanol–water partition coefficient (Wildman–Crippen LogP) is 5.86. The number of amidine groups is 1. The number of nitrogens with two attached hydrogens (primary N) is 1. The molecule has 0 spiro atoms. The van der Waals surface area contributed by atoms with Crippen LogP contribution in [0.25, 0.3) is 22.2 Å². The van der Waals surface area contributed by atoms with Crippen molar-refractivity contribution in [2.75, 3.05) is 6.54 Å². The van der Waals surface area contributed by atoms with E-state index in [1.807, 2.05) is 66.7 Å². The van der Waals surface area contributed by atoms with E-state index in [0.717, 1.165) is 47.2 Å². The van der Waals surface area contributed by atoms with E-state index in [2.05, 4.69) is 27.4 Å². The van der Waals surface area contributed by atoms with Gasteiger partial charge in [0.15, 0.2) is 0 Å². The van der Waals surface area contributed by atoms with Gasteiger partial charge in [-0.2, -0.15) is 0 Å². The van der Waals surface area contributed by atoms with Gasteiger partial charge in [0, 0.05) is 12.1 Å². The summed E-state index contributed by atoms with van der Waals surface area (Å²) in [4.78, 5) is 25.6. The highest BCUT2D eigenvalue weighted by Gasteiger charge is 2.19. The number of nitrogens with zero attached hydrogens (tertiary/aromatic N) is 2. The number of hydrogen-bond acceptors (Lipinski definition) is 3. The number of hydrogen-bond donors (Lipinski definition) is 3. The molecule has 180 valence electrons. The molecular formula is C28H30ClN5O. The maximum Gasteiger partial charge on any atom is 0.251 e. The number of carbonyl (C=O) groups excluding carboxylic acids is 1. The Labute approximate surface area is 210 Å². The number of aromatic amines is 1. The van der Waals surface area contributed by atoms with E-state index in [-0.39, 0.29) is 17.3 Å². The molecule has 4 N–H and O–H groups in total. The third-order valence-corrected chi connectivity index (χ3v) is 6.12. The molecule has 3 aromatic carbocycles. The van der Waals surface area contributed by atoms with E-state index < -0.39 is 0 Å². The zero-order chi connectivity index (χ0) is 24.6. The number of benzene rings is 3. The van der Waals surface area contributed by atoms with Crippen molar-refractivity contribution in [3.05, 3.63) is 90.3 Å². The van der Waals surface area contributed by atoms with E-state index >= 15 is 0 Å². The number of para-hydroxylation sites is 2. The van der Waals surface area contributed by atoms with Crippen molar-refractivity contribution >= 4 is 34.4 Å². The Kier molecular flexibility index (Phi) is 8.16. The molecule has 6 nitrogen and oxygen atoms in total. The fourth-order valence-corrected chi connectivity index (χ4v) is 3.96. The van der Waals surface area contributed by atoms with Crippen molar-refractivity contribution in [2.45, 2.75) is 37.6 Å². The van der Waals surface area contributed by atoms with Gasteiger partial charge in [0.25, 0.3) is 5.91 Å². The standard InChI is InChI=1S/C28H30ClN5O/c1-19(29)26(30)31-18-8-7-13-25(27-32-23-11-5-6-12-24(23)33-27)34-28(35)22-16-14-21(15-17-22)20-9-3-2-4-10-20/h2-6,9-12,14-17,19,25H,7-8,13,18H2,1H3,(H2,30,31)(H,32,33)(H,34,35)/t19?,25-/m0/s1. The molecule has 0 saturated carbocycles. The number of rotatable bonds is 10. The smallest absolute Gasteiger partial charge is 0.251 e. The lowest BCUT2D eigenvalue weighted by molar-refractivity contribution is 0.0932. The van der Waals surface area contributed by atoms with Gasteiger partial charge in [-0.3, -0.25) is 9.79 Å². The summed E-state index contributed by atoms with van der Waals surface area (Å²) < 4.78 is 0. The van der Waals surface area contributed by atoms with Crippen molar-refractivity contribution < 1.29 is 4.79 Å². The normalized spacial score (nSPS) is 13.5. The lowest BCUT2D eigenvalue weighted by Gasteiger charge is -2.17. The van der Waals surface area contributed by atoms with E-state index in [9.17, 15) is 4.79 Å². The van der Waals surface area contributed by atoms with Gasteiger partial charge < -0.3 is 16.0 Å². The molecule has 0 radical (unpaired) electrons. The minimum atomic E-state index is -0.272. The Balaban J connectivity index is 1.46. The molecule has 1 unspecified atom stereocenters. The van der Waals surface area contributed by atoms with Crippen LogP contribution in [0, 0.1) is 0 Å². The number of unbranched alkanes of at least 4 members (excludes halogenated alkanes) is 1. The van der Waals surface area contributed by atoms with Gasteiger partial charge in [-0.15, -0.1) is 11.6 Å². The van der Waals surface area contributed by atoms with Crippen LogP contribution >= 0.6 is 11.6 Å². The number of halogens is 1. The van der Waals surface area contributed by atoms with Gasteiger partial charge in [-0.05, 0) is 61.6 Å². The minimum absolute atomic E-state index is 0.131. The van der Waals surface area contributed by atoms with E-state index in [1.54, 1.807) is 6.92 Å². The molecule has 0 aliphatic carbocycles. The Hall–Kier alpha value is -3.64. The van der Waals surface area contributed by atoms with E-state index in [1.165, 1.54) is 0 Å². The molecule has 4 aromatic rings. The van der Waals surface area contributed by atoms with Crippen LogP contribution in [0.4, 0.5) is 0 Å². The number of aliphatic imine (C=N–C) groups is 1. The van der Waals surface area contributed by atoms with Crippen LogP contribution in [0.5, 0.6) is 0 Å². The first-order valence-corrected chi connectivity index (χ1v) is 12.3. The Bertz CT molecular complexity index is 1250. The average molecular weight is 488 g/mol. The fraction of sp³-hybridized carbons (Fsp3) is 0.250. The molecule has 0 fully saturated rings. The second-order valence-electron chi connectivity index (χ2n) is 8.53. The summed E-state index contributed by atoms with van der Waals surface area (Å²) in [5.41, 5.74) is 10.4. The summed E-state index contributed by atoms with van der Waals surface area (Å²) in [5, 5.41) is 2.90. The summed E-state index contributed by atoms with van der Waals surface area (Å²) >= 11 is 5.95. The molecule has 2 atom stereocenters. The second-order valence-corrected chi connectivity index (χ2v) is 9.18. The molecule has 1 aromatic heterocycles. The maximum absolute atomic E-state index is 13.1. The first-order valence-electron chi connectivity index (χ1n) is 11.9. The molecule has 7 heteroatoms. The van der Waals surface area contributed by atoms with Crippen molar-refractivity contribution in [1.29, 1.82) is 0 Å². The maximum atomic E-state index is 13.1. The van der Waals surface area contributed by atoms with Crippen LogP contribution in [-0.2, 0) is 0 Å². The Morgan fingerprint density at radius 1 is 1.00 bits per heavy atom. The van der Waals surface area contributed by atoms with E-state index in [0.29, 0.717) is 17.9 Å². The van der Waals surface area contributed by atoms with Crippen LogP contribution in [0.3, 0.4) is 0 Å². The van der Waals surface area contributed by atoms with Crippen molar-refractivity contribution in [3.8, 4) is 11.1 Å². The molecule has 0 saturated heterocycles. The van der Waals surface area contributed by atoms with Crippen molar-refractivity contribution in [3.63, 3.8) is 0 Å². The predicted molar refractivity (Wildman–Crippen MR) is 144 cm³/mol. The quantitative estimate of drug-likeness (QED) is 0.113. The molecule has 0 aliphatic heterocycles. The van der Waals surface area contributed by atoms with Crippen LogP contribution in [0.2, 0.25) is 0 Å². The zero-order valence-electron chi connectivity index (χ0n) is 19.7. The SMILES string of the molecule is CC(Cl)C(N)=NCCCC[C@H](NC(=O)c1ccc(-c2ccccc2)cc1)c1nc2ccccc2[nH]1. The largest absolute Gasteiger partial charge is 0.386 e. The van der Waals surface area contributed by atoms with E-state index in [4.69, 9.17) is 22.3 Å². The Morgan fingerprint density at radius 3 is 2.40 bits per heavy atom. The summed E-state index contributed by atoms with van der Waals surface area (Å²) in [7, 11) is 0. The number of H-pyrrole nitrogens is 1. The lowest BCUT2D eigenvalue weighted by atomic mass is 10.0. The molecule has 0 bridgehead atoms. The summed E-state index contributed by atoms with van der Waals surface area (Å²) in [6.07, 6.45) is 2.41. The molecule has 1 amide bonds. The monoisotopic (exact) mass is 487 g/mol. The van der Waals surface area contributed by atoms with Gasteiger partial charge in [-0.1, -0.05) is 54.6 Å².